The van der Waals surface area contributed by atoms with Crippen LogP contribution in [0.3, 0.4) is 0 Å². The van der Waals surface area contributed by atoms with Crippen molar-refractivity contribution in [3.05, 3.63) is 58.6 Å². The summed E-state index contributed by atoms with van der Waals surface area (Å²) in [6, 6.07) is 11.1. The zero-order valence-corrected chi connectivity index (χ0v) is 21.0. The average molecular weight is 496 g/mol. The van der Waals surface area contributed by atoms with Gasteiger partial charge in [-0.15, -0.1) is 0 Å². The molecule has 2 rings (SSSR count). The van der Waals surface area contributed by atoms with E-state index in [0.717, 1.165) is 16.1 Å². The topological polar surface area (TPSA) is 96.0 Å². The Balaban J connectivity index is 2.41. The smallest absolute Gasteiger partial charge is 0.244 e. The van der Waals surface area contributed by atoms with E-state index >= 15 is 0 Å². The molecule has 1 N–H and O–H groups in total. The molecule has 1 atom stereocenters. The molecule has 10 heteroatoms. The summed E-state index contributed by atoms with van der Waals surface area (Å²) < 4.78 is 31.4. The first-order chi connectivity index (χ1) is 15.5. The van der Waals surface area contributed by atoms with Crippen molar-refractivity contribution < 1.29 is 22.7 Å². The zero-order chi connectivity index (χ0) is 24.8. The van der Waals surface area contributed by atoms with Crippen LogP contribution in [0.2, 0.25) is 5.02 Å². The highest BCUT2D eigenvalue weighted by atomic mass is 35.5. The van der Waals surface area contributed by atoms with E-state index in [4.69, 9.17) is 16.3 Å². The Morgan fingerprint density at radius 1 is 1.15 bits per heavy atom. The highest BCUT2D eigenvalue weighted by Gasteiger charge is 2.30. The molecule has 0 radical (unpaired) electrons. The molecule has 0 fully saturated rings. The minimum atomic E-state index is -3.81. The Morgan fingerprint density at radius 3 is 2.33 bits per heavy atom. The molecule has 0 aliphatic heterocycles. The molecule has 0 aromatic heterocycles. The van der Waals surface area contributed by atoms with E-state index in [1.165, 1.54) is 11.0 Å². The van der Waals surface area contributed by atoms with Gasteiger partial charge in [0.15, 0.2) is 0 Å². The fraction of sp³-hybridized carbons (Fsp3) is 0.391. The summed E-state index contributed by atoms with van der Waals surface area (Å²) in [6.07, 6.45) is 1.03. The Bertz CT molecular complexity index is 1090. The molecule has 0 heterocycles. The van der Waals surface area contributed by atoms with Gasteiger partial charge in [0.1, 0.15) is 18.3 Å². The molecule has 0 spiro atoms. The number of methoxy groups -OCH3 is 1. The van der Waals surface area contributed by atoms with Crippen molar-refractivity contribution in [3.63, 3.8) is 0 Å². The van der Waals surface area contributed by atoms with Crippen LogP contribution in [0.1, 0.15) is 25.0 Å². The fourth-order valence-electron chi connectivity index (χ4n) is 3.28. The first-order valence-corrected chi connectivity index (χ1v) is 12.6. The van der Waals surface area contributed by atoms with Crippen molar-refractivity contribution in [2.45, 2.75) is 33.4 Å². The number of amides is 2. The van der Waals surface area contributed by atoms with Gasteiger partial charge in [-0.3, -0.25) is 13.9 Å². The first kappa shape index (κ1) is 26.5. The number of halogens is 1. The van der Waals surface area contributed by atoms with E-state index in [-0.39, 0.29) is 12.5 Å². The molecule has 8 nitrogen and oxygen atoms in total. The second kappa shape index (κ2) is 11.4. The van der Waals surface area contributed by atoms with Crippen molar-refractivity contribution >= 4 is 39.1 Å². The van der Waals surface area contributed by atoms with Crippen molar-refractivity contribution in [2.75, 3.05) is 30.8 Å². The van der Waals surface area contributed by atoms with Crippen LogP contribution >= 0.6 is 11.6 Å². The lowest BCUT2D eigenvalue weighted by Crippen LogP contribution is -2.51. The minimum absolute atomic E-state index is 0.118. The van der Waals surface area contributed by atoms with Gasteiger partial charge in [0, 0.05) is 18.1 Å². The number of anilines is 1. The van der Waals surface area contributed by atoms with E-state index < -0.39 is 28.5 Å². The largest absolute Gasteiger partial charge is 0.497 e. The molecule has 2 aromatic rings. The van der Waals surface area contributed by atoms with Gasteiger partial charge in [-0.25, -0.2) is 8.42 Å². The number of sulfonamides is 1. The van der Waals surface area contributed by atoms with Gasteiger partial charge in [-0.1, -0.05) is 29.8 Å². The number of nitrogens with one attached hydrogen (secondary N) is 1. The monoisotopic (exact) mass is 495 g/mol. The molecule has 0 aliphatic carbocycles. The van der Waals surface area contributed by atoms with Gasteiger partial charge in [0.05, 0.1) is 19.1 Å². The summed E-state index contributed by atoms with van der Waals surface area (Å²) in [5, 5.41) is 3.06. The number of nitrogens with zero attached hydrogens (tertiary/aromatic N) is 2. The lowest BCUT2D eigenvalue weighted by atomic mass is 10.1. The van der Waals surface area contributed by atoms with E-state index in [1.54, 1.807) is 64.3 Å². The number of hydrogen-bond acceptors (Lipinski definition) is 5. The van der Waals surface area contributed by atoms with Crippen LogP contribution in [0.4, 0.5) is 5.69 Å². The lowest BCUT2D eigenvalue weighted by Gasteiger charge is -2.32. The van der Waals surface area contributed by atoms with Crippen LogP contribution in [0.25, 0.3) is 0 Å². The van der Waals surface area contributed by atoms with E-state index in [9.17, 15) is 18.0 Å². The third-order valence-electron chi connectivity index (χ3n) is 5.15. The van der Waals surface area contributed by atoms with Gasteiger partial charge < -0.3 is 15.0 Å². The van der Waals surface area contributed by atoms with E-state index in [2.05, 4.69) is 5.32 Å². The first-order valence-electron chi connectivity index (χ1n) is 10.4. The second-order valence-electron chi connectivity index (χ2n) is 7.64. The maximum absolute atomic E-state index is 13.4. The van der Waals surface area contributed by atoms with Crippen LogP contribution in [-0.2, 0) is 26.2 Å². The predicted octanol–water partition coefficient (Wildman–Crippen LogP) is 2.98. The molecule has 180 valence electrons. The molecule has 0 bridgehead atoms. The van der Waals surface area contributed by atoms with Crippen LogP contribution in [0, 0.1) is 6.92 Å². The van der Waals surface area contributed by atoms with Gasteiger partial charge in [-0.05, 0) is 56.2 Å². The molecule has 0 aliphatic rings. The van der Waals surface area contributed by atoms with Gasteiger partial charge in [-0.2, -0.15) is 0 Å². The molecule has 0 saturated heterocycles. The number of hydrogen-bond donors (Lipinski definition) is 1. The molecule has 2 aromatic carbocycles. The Morgan fingerprint density at radius 2 is 1.79 bits per heavy atom. The number of carbonyl (C=O) groups excluding carboxylic acids is 2. The Hall–Kier alpha value is -2.78. The normalized spacial score (nSPS) is 12.1. The average Bonchev–Trinajstić information content (AvgIpc) is 2.76. The van der Waals surface area contributed by atoms with Gasteiger partial charge in [0.2, 0.25) is 21.8 Å². The van der Waals surface area contributed by atoms with Gasteiger partial charge in [0.25, 0.3) is 0 Å². The number of carbonyl (C=O) groups is 2. The maximum atomic E-state index is 13.4. The number of likely N-dealkylation sites (N-methyl/N-ethyl adjacent to an activating group) is 1. The van der Waals surface area contributed by atoms with Crippen molar-refractivity contribution in [3.8, 4) is 5.75 Å². The molecular weight excluding hydrogens is 466 g/mol. The summed E-state index contributed by atoms with van der Waals surface area (Å²) in [7, 11) is -2.26. The standard InChI is InChI=1S/C23H30ClN3O5S/c1-6-25-23(29)17(3)26(14-18-8-11-20(32-4)12-9-18)22(28)15-27(33(5,30)31)21-13-19(24)10-7-16(21)2/h7-13,17H,6,14-15H2,1-5H3,(H,25,29)/t17-/m0/s1. The maximum Gasteiger partial charge on any atom is 0.244 e. The van der Waals surface area contributed by atoms with Crippen molar-refractivity contribution in [1.29, 1.82) is 0 Å². The molecule has 33 heavy (non-hydrogen) atoms. The summed E-state index contributed by atoms with van der Waals surface area (Å²) >= 11 is 6.09. The molecule has 0 unspecified atom stereocenters. The van der Waals surface area contributed by atoms with E-state index in [0.29, 0.717) is 28.6 Å². The van der Waals surface area contributed by atoms with Crippen LogP contribution in [0.15, 0.2) is 42.5 Å². The minimum Gasteiger partial charge on any atom is -0.497 e. The van der Waals surface area contributed by atoms with Crippen molar-refractivity contribution in [2.24, 2.45) is 0 Å². The SMILES string of the molecule is CCNC(=O)[C@H](C)N(Cc1ccc(OC)cc1)C(=O)CN(c1cc(Cl)ccc1C)S(C)(=O)=O. The quantitative estimate of drug-likeness (QED) is 0.546. The summed E-state index contributed by atoms with van der Waals surface area (Å²) in [6.45, 7) is 5.19. The molecule has 2 amide bonds. The number of benzene rings is 2. The second-order valence-corrected chi connectivity index (χ2v) is 9.98. The number of rotatable bonds is 10. The lowest BCUT2D eigenvalue weighted by molar-refractivity contribution is -0.139. The van der Waals surface area contributed by atoms with E-state index in [1.807, 2.05) is 0 Å². The van der Waals surface area contributed by atoms with Crippen LogP contribution in [0.5, 0.6) is 5.75 Å². The summed E-state index contributed by atoms with van der Waals surface area (Å²) in [4.78, 5) is 27.4. The number of aryl methyl sites for hydroxylation is 1. The number of ether oxygens (including phenoxy) is 1. The van der Waals surface area contributed by atoms with Crippen LogP contribution < -0.4 is 14.4 Å². The zero-order valence-electron chi connectivity index (χ0n) is 19.5. The molecular formula is C23H30ClN3O5S. The fourth-order valence-corrected chi connectivity index (χ4v) is 4.34. The molecule has 0 saturated carbocycles. The third-order valence-corrected chi connectivity index (χ3v) is 6.51. The third kappa shape index (κ3) is 7.10. The Kier molecular flexibility index (Phi) is 9.13. The summed E-state index contributed by atoms with van der Waals surface area (Å²) in [5.74, 6) is -0.188. The predicted molar refractivity (Wildman–Crippen MR) is 130 cm³/mol. The van der Waals surface area contributed by atoms with Crippen molar-refractivity contribution in [1.82, 2.24) is 10.2 Å². The highest BCUT2D eigenvalue weighted by Crippen LogP contribution is 2.27. The highest BCUT2D eigenvalue weighted by molar-refractivity contribution is 7.92. The van der Waals surface area contributed by atoms with Crippen LogP contribution in [-0.4, -0.2) is 57.6 Å². The summed E-state index contributed by atoms with van der Waals surface area (Å²) in [5.41, 5.74) is 1.73. The Labute approximate surface area is 200 Å². The van der Waals surface area contributed by atoms with Gasteiger partial charge >= 0.3 is 0 Å².